The zero-order valence-electron chi connectivity index (χ0n) is 9.36. The highest BCUT2D eigenvalue weighted by Crippen LogP contribution is 2.15. The zero-order chi connectivity index (χ0) is 12.1. The molecule has 17 heavy (non-hydrogen) atoms. The van der Waals surface area contributed by atoms with Crippen LogP contribution in [0.4, 0.5) is 5.69 Å². The van der Waals surface area contributed by atoms with Gasteiger partial charge in [-0.25, -0.2) is 0 Å². The standard InChI is InChI=1S/C13H14BrN3/c14-12-1-3-13(4-2-12)17-9-11-5-10(6-15)7-16-8-11/h1-5,7-8,17H,6,9,15H2. The molecule has 3 N–H and O–H groups in total. The van der Waals surface area contributed by atoms with Crippen LogP contribution in [0.25, 0.3) is 0 Å². The van der Waals surface area contributed by atoms with Gasteiger partial charge >= 0.3 is 0 Å². The quantitative estimate of drug-likeness (QED) is 0.911. The third kappa shape index (κ3) is 3.54. The van der Waals surface area contributed by atoms with Crippen molar-refractivity contribution in [2.45, 2.75) is 13.1 Å². The van der Waals surface area contributed by atoms with E-state index < -0.39 is 0 Å². The van der Waals surface area contributed by atoms with Gasteiger partial charge in [0.05, 0.1) is 0 Å². The fourth-order valence-electron chi connectivity index (χ4n) is 1.52. The van der Waals surface area contributed by atoms with Gasteiger partial charge in [0.1, 0.15) is 0 Å². The molecule has 0 fully saturated rings. The molecule has 0 bridgehead atoms. The Bertz CT molecular complexity index is 482. The maximum Gasteiger partial charge on any atom is 0.0416 e. The minimum absolute atomic E-state index is 0.527. The van der Waals surface area contributed by atoms with E-state index in [4.69, 9.17) is 5.73 Å². The maximum atomic E-state index is 5.58. The summed E-state index contributed by atoms with van der Waals surface area (Å²) in [7, 11) is 0. The van der Waals surface area contributed by atoms with Crippen LogP contribution in [0.1, 0.15) is 11.1 Å². The molecule has 1 aromatic carbocycles. The Labute approximate surface area is 109 Å². The molecule has 0 amide bonds. The van der Waals surface area contributed by atoms with Crippen molar-refractivity contribution in [2.24, 2.45) is 5.73 Å². The SMILES string of the molecule is NCc1cncc(CNc2ccc(Br)cc2)c1. The first-order chi connectivity index (χ1) is 8.28. The van der Waals surface area contributed by atoms with Crippen molar-refractivity contribution in [3.8, 4) is 0 Å². The minimum Gasteiger partial charge on any atom is -0.381 e. The third-order valence-electron chi connectivity index (χ3n) is 2.43. The molecule has 0 aliphatic rings. The van der Waals surface area contributed by atoms with E-state index in [-0.39, 0.29) is 0 Å². The van der Waals surface area contributed by atoms with Crippen LogP contribution < -0.4 is 11.1 Å². The van der Waals surface area contributed by atoms with Crippen molar-refractivity contribution in [1.29, 1.82) is 0 Å². The number of nitrogens with two attached hydrogens (primary N) is 1. The van der Waals surface area contributed by atoms with Crippen LogP contribution in [0, 0.1) is 0 Å². The van der Waals surface area contributed by atoms with Crippen molar-refractivity contribution in [3.05, 3.63) is 58.3 Å². The molecule has 88 valence electrons. The molecule has 2 aromatic rings. The lowest BCUT2D eigenvalue weighted by molar-refractivity contribution is 1.02. The lowest BCUT2D eigenvalue weighted by Gasteiger charge is -2.07. The van der Waals surface area contributed by atoms with Gasteiger partial charge in [-0.3, -0.25) is 4.98 Å². The predicted octanol–water partition coefficient (Wildman–Crippen LogP) is 2.91. The number of aromatic nitrogens is 1. The molecule has 4 heteroatoms. The highest BCUT2D eigenvalue weighted by Gasteiger charge is 1.96. The highest BCUT2D eigenvalue weighted by molar-refractivity contribution is 9.10. The number of hydrogen-bond donors (Lipinski definition) is 2. The zero-order valence-corrected chi connectivity index (χ0v) is 10.9. The molecular formula is C13H14BrN3. The number of hydrogen-bond acceptors (Lipinski definition) is 3. The molecule has 1 heterocycles. The Morgan fingerprint density at radius 2 is 1.82 bits per heavy atom. The Hall–Kier alpha value is -1.39. The van der Waals surface area contributed by atoms with Gasteiger partial charge < -0.3 is 11.1 Å². The van der Waals surface area contributed by atoms with Gasteiger partial charge in [-0.15, -0.1) is 0 Å². The van der Waals surface area contributed by atoms with E-state index in [0.29, 0.717) is 6.54 Å². The minimum atomic E-state index is 0.527. The molecule has 1 aromatic heterocycles. The number of rotatable bonds is 4. The summed E-state index contributed by atoms with van der Waals surface area (Å²) in [4.78, 5) is 4.15. The first-order valence-electron chi connectivity index (χ1n) is 5.40. The molecule has 0 saturated heterocycles. The maximum absolute atomic E-state index is 5.58. The first kappa shape index (κ1) is 12.1. The monoisotopic (exact) mass is 291 g/mol. The number of nitrogens with one attached hydrogen (secondary N) is 1. The average molecular weight is 292 g/mol. The average Bonchev–Trinajstić information content (AvgIpc) is 2.38. The second-order valence-electron chi connectivity index (χ2n) is 3.77. The van der Waals surface area contributed by atoms with Crippen LogP contribution in [0.15, 0.2) is 47.2 Å². The van der Waals surface area contributed by atoms with E-state index >= 15 is 0 Å². The normalized spacial score (nSPS) is 10.2. The molecule has 0 saturated carbocycles. The van der Waals surface area contributed by atoms with Gasteiger partial charge in [-0.2, -0.15) is 0 Å². The lowest BCUT2D eigenvalue weighted by atomic mass is 10.2. The molecule has 2 rings (SSSR count). The van der Waals surface area contributed by atoms with Crippen molar-refractivity contribution in [1.82, 2.24) is 4.98 Å². The van der Waals surface area contributed by atoms with Crippen molar-refractivity contribution in [3.63, 3.8) is 0 Å². The van der Waals surface area contributed by atoms with Crippen LogP contribution in [0.5, 0.6) is 0 Å². The number of nitrogens with zero attached hydrogens (tertiary/aromatic N) is 1. The fraction of sp³-hybridized carbons (Fsp3) is 0.154. The summed E-state index contributed by atoms with van der Waals surface area (Å²) in [6.45, 7) is 1.28. The van der Waals surface area contributed by atoms with Crippen LogP contribution in [0.3, 0.4) is 0 Å². The van der Waals surface area contributed by atoms with Gasteiger partial charge in [-0.1, -0.05) is 15.9 Å². The van der Waals surface area contributed by atoms with Crippen LogP contribution in [-0.2, 0) is 13.1 Å². The summed E-state index contributed by atoms with van der Waals surface area (Å²) in [5, 5.41) is 3.34. The molecule has 0 spiro atoms. The Morgan fingerprint density at radius 3 is 2.53 bits per heavy atom. The van der Waals surface area contributed by atoms with Gasteiger partial charge in [0, 0.05) is 35.6 Å². The van der Waals surface area contributed by atoms with Gasteiger partial charge in [-0.05, 0) is 41.5 Å². The summed E-state index contributed by atoms with van der Waals surface area (Å²) >= 11 is 3.41. The summed E-state index contributed by atoms with van der Waals surface area (Å²) in [5.74, 6) is 0. The molecule has 0 unspecified atom stereocenters. The number of anilines is 1. The summed E-state index contributed by atoms with van der Waals surface area (Å²) in [6.07, 6.45) is 3.65. The van der Waals surface area contributed by atoms with E-state index in [0.717, 1.165) is 27.8 Å². The molecule has 0 aliphatic heterocycles. The highest BCUT2D eigenvalue weighted by atomic mass is 79.9. The van der Waals surface area contributed by atoms with Crippen molar-refractivity contribution in [2.75, 3.05) is 5.32 Å². The number of pyridine rings is 1. The van der Waals surface area contributed by atoms with Crippen molar-refractivity contribution < 1.29 is 0 Å². The van der Waals surface area contributed by atoms with E-state index in [2.05, 4.69) is 32.3 Å². The lowest BCUT2D eigenvalue weighted by Crippen LogP contribution is -2.02. The topological polar surface area (TPSA) is 50.9 Å². The number of halogens is 1. The van der Waals surface area contributed by atoms with Crippen molar-refractivity contribution >= 4 is 21.6 Å². The Kier molecular flexibility index (Phi) is 4.12. The molecule has 0 radical (unpaired) electrons. The smallest absolute Gasteiger partial charge is 0.0416 e. The number of benzene rings is 1. The third-order valence-corrected chi connectivity index (χ3v) is 2.96. The van der Waals surface area contributed by atoms with Gasteiger partial charge in [0.15, 0.2) is 0 Å². The second-order valence-corrected chi connectivity index (χ2v) is 4.68. The van der Waals surface area contributed by atoms with E-state index in [1.54, 1.807) is 6.20 Å². The summed E-state index contributed by atoms with van der Waals surface area (Å²) in [5.41, 5.74) is 8.86. The van der Waals surface area contributed by atoms with Crippen LogP contribution >= 0.6 is 15.9 Å². The first-order valence-corrected chi connectivity index (χ1v) is 6.19. The van der Waals surface area contributed by atoms with Gasteiger partial charge in [0.25, 0.3) is 0 Å². The predicted molar refractivity (Wildman–Crippen MR) is 73.6 cm³/mol. The Balaban J connectivity index is 1.99. The molecule has 0 aliphatic carbocycles. The summed E-state index contributed by atoms with van der Waals surface area (Å²) < 4.78 is 1.08. The van der Waals surface area contributed by atoms with Gasteiger partial charge in [0.2, 0.25) is 0 Å². The summed E-state index contributed by atoms with van der Waals surface area (Å²) in [6, 6.07) is 10.2. The molecular weight excluding hydrogens is 278 g/mol. The second kappa shape index (κ2) is 5.80. The van der Waals surface area contributed by atoms with Crippen LogP contribution in [0.2, 0.25) is 0 Å². The van der Waals surface area contributed by atoms with E-state index in [1.165, 1.54) is 0 Å². The largest absolute Gasteiger partial charge is 0.381 e. The van der Waals surface area contributed by atoms with E-state index in [1.807, 2.05) is 30.5 Å². The van der Waals surface area contributed by atoms with E-state index in [9.17, 15) is 0 Å². The Morgan fingerprint density at radius 1 is 1.12 bits per heavy atom. The molecule has 0 atom stereocenters. The molecule has 3 nitrogen and oxygen atoms in total. The van der Waals surface area contributed by atoms with Crippen LogP contribution in [-0.4, -0.2) is 4.98 Å². The fourth-order valence-corrected chi connectivity index (χ4v) is 1.79.